The largest absolute Gasteiger partial charge is 0.696 e. The van der Waals surface area contributed by atoms with Crippen molar-refractivity contribution in [2.45, 2.75) is 0 Å². The molecule has 0 aromatic rings. The summed E-state index contributed by atoms with van der Waals surface area (Å²) in [4.78, 5) is 2.25. The van der Waals surface area contributed by atoms with Crippen LogP contribution in [0.3, 0.4) is 0 Å². The van der Waals surface area contributed by atoms with Gasteiger partial charge in [-0.05, 0) is 13.8 Å². The van der Waals surface area contributed by atoms with Crippen LogP contribution >= 0.6 is 0 Å². The molecule has 0 saturated carbocycles. The Balaban J connectivity index is -0.00000000889. The summed E-state index contributed by atoms with van der Waals surface area (Å²) in [5.41, 5.74) is 11.8. The van der Waals surface area contributed by atoms with Gasteiger partial charge in [0.2, 0.25) is 0 Å². The molecule has 0 rings (SSSR count). The molecular formula is C4H12N3Y2-3. The molecule has 0 aliphatic heterocycles. The first-order valence-corrected chi connectivity index (χ1v) is 1.41. The summed E-state index contributed by atoms with van der Waals surface area (Å²) < 4.78 is 0. The van der Waals surface area contributed by atoms with E-state index in [4.69, 9.17) is 11.5 Å². The third kappa shape index (κ3) is 204. The van der Waals surface area contributed by atoms with Crippen molar-refractivity contribution >= 4 is 6.72 Å². The Hall–Kier alpha value is 1.67. The molecule has 0 fully saturated rings. The second-order valence-corrected chi connectivity index (χ2v) is 0.427. The monoisotopic (exact) mass is 280 g/mol. The molecule has 0 aliphatic rings. The molecular weight excluding hydrogens is 268 g/mol. The van der Waals surface area contributed by atoms with Gasteiger partial charge in [-0.2, -0.15) is 0 Å². The van der Waals surface area contributed by atoms with E-state index in [0.717, 1.165) is 0 Å². The molecule has 0 heterocycles. The Kier molecular flexibility index (Phi) is 186. The molecule has 0 spiro atoms. The number of nitrogens with one attached hydrogen (secondary N) is 3. The molecule has 2 radical (unpaired) electrons. The van der Waals surface area contributed by atoms with Gasteiger partial charge < -0.3 is 23.9 Å². The van der Waals surface area contributed by atoms with Crippen LogP contribution in [-0.2, 0) is 65.4 Å². The number of rotatable bonds is 0. The van der Waals surface area contributed by atoms with Gasteiger partial charge in [0, 0.05) is 65.4 Å². The van der Waals surface area contributed by atoms with E-state index in [-0.39, 0.29) is 79.5 Å². The van der Waals surface area contributed by atoms with E-state index >= 15 is 0 Å². The van der Waals surface area contributed by atoms with Gasteiger partial charge in [0.05, 0.1) is 0 Å². The van der Waals surface area contributed by atoms with Crippen molar-refractivity contribution in [1.29, 1.82) is 0 Å². The molecule has 0 amide bonds. The summed E-state index contributed by atoms with van der Waals surface area (Å²) in [7, 11) is 3.12. The Bertz CT molecular complexity index is 27.8. The van der Waals surface area contributed by atoms with E-state index < -0.39 is 0 Å². The molecule has 0 saturated heterocycles. The van der Waals surface area contributed by atoms with Gasteiger partial charge in [-0.3, -0.25) is 6.67 Å². The van der Waals surface area contributed by atoms with E-state index in [0.29, 0.717) is 0 Å². The van der Waals surface area contributed by atoms with Crippen LogP contribution in [0.25, 0.3) is 11.5 Å². The molecule has 9 heavy (non-hydrogen) atoms. The zero-order valence-electron chi connectivity index (χ0n) is 5.78. The Morgan fingerprint density at radius 2 is 1.33 bits per heavy atom. The second kappa shape index (κ2) is 54.0. The van der Waals surface area contributed by atoms with Crippen LogP contribution in [0.5, 0.6) is 0 Å². The van der Waals surface area contributed by atoms with Gasteiger partial charge in [-0.1, -0.05) is 0 Å². The van der Waals surface area contributed by atoms with E-state index in [9.17, 15) is 0 Å². The second-order valence-electron chi connectivity index (χ2n) is 0.427. The molecule has 0 bridgehead atoms. The van der Waals surface area contributed by atoms with Gasteiger partial charge >= 0.3 is 0 Å². The maximum Gasteiger partial charge on any atom is 0 e. The number of hydrogen-bond acceptors (Lipinski definition) is 0. The van der Waals surface area contributed by atoms with Crippen molar-refractivity contribution in [2.24, 2.45) is 0 Å². The summed E-state index contributed by atoms with van der Waals surface area (Å²) in [6.07, 6.45) is 0. The first-order chi connectivity index (χ1) is 2.83. The van der Waals surface area contributed by atoms with Crippen LogP contribution in [0.15, 0.2) is 0 Å². The molecule has 0 aromatic heterocycles. The molecule has 0 unspecified atom stereocenters. The van der Waals surface area contributed by atoms with Gasteiger partial charge in [-0.25, -0.2) is 0 Å². The smallest absolute Gasteiger partial charge is 0 e. The minimum Gasteiger partial charge on any atom is -0.696 e. The van der Waals surface area contributed by atoms with Crippen LogP contribution in [0.2, 0.25) is 0 Å². The Morgan fingerprint density at radius 1 is 1.33 bits per heavy atom. The first-order valence-electron chi connectivity index (χ1n) is 1.41. The average Bonchev–Trinajstić information content (AvgIpc) is 1.39. The number of hydrogen-bond donors (Lipinski definition) is 1. The van der Waals surface area contributed by atoms with E-state index in [1.807, 2.05) is 0 Å². The van der Waals surface area contributed by atoms with Gasteiger partial charge in [-0.15, -0.1) is 0 Å². The fourth-order valence-corrected chi connectivity index (χ4v) is 0. The predicted molar refractivity (Wildman–Crippen MR) is 33.4 cm³/mol. The van der Waals surface area contributed by atoms with E-state index in [1.165, 1.54) is 0 Å². The third-order valence-corrected chi connectivity index (χ3v) is 0. The van der Waals surface area contributed by atoms with Crippen LogP contribution in [0, 0.1) is 14.5 Å². The van der Waals surface area contributed by atoms with Gasteiger partial charge in [0.15, 0.2) is 0 Å². The summed E-state index contributed by atoms with van der Waals surface area (Å²) >= 11 is 0. The van der Waals surface area contributed by atoms with Crippen LogP contribution in [0.1, 0.15) is 0 Å². The molecule has 52 valence electrons. The SMILES string of the molecule is C=[NH+][CH2-].[CH3-].[NH-]C[NH-].[Y].[Y]. The molecule has 0 aromatic carbocycles. The molecule has 0 aliphatic carbocycles. The van der Waals surface area contributed by atoms with E-state index in [2.05, 4.69) is 18.8 Å². The summed E-state index contributed by atoms with van der Waals surface area (Å²) in [6.45, 7) is 2.88. The van der Waals surface area contributed by atoms with Crippen LogP contribution in [-0.4, -0.2) is 13.4 Å². The minimum absolute atomic E-state index is 0. The molecule has 5 heteroatoms. The minimum atomic E-state index is -0.250. The van der Waals surface area contributed by atoms with E-state index in [1.54, 1.807) is 0 Å². The summed E-state index contributed by atoms with van der Waals surface area (Å²) in [5.74, 6) is 0. The Labute approximate surface area is 108 Å². The van der Waals surface area contributed by atoms with Crippen molar-refractivity contribution in [3.8, 4) is 0 Å². The fraction of sp³-hybridized carbons (Fsp3) is 0.250. The molecule has 0 atom stereocenters. The quantitative estimate of drug-likeness (QED) is 0.481. The topological polar surface area (TPSA) is 61.6 Å². The predicted octanol–water partition coefficient (Wildman–Crippen LogP) is 0.0528. The normalized spacial score (nSPS) is 3.33. The zero-order chi connectivity index (χ0) is 5.41. The van der Waals surface area contributed by atoms with Gasteiger partial charge in [0.1, 0.15) is 0 Å². The molecule has 3 N–H and O–H groups in total. The van der Waals surface area contributed by atoms with Gasteiger partial charge in [0.25, 0.3) is 0 Å². The average molecular weight is 280 g/mol. The van der Waals surface area contributed by atoms with Crippen LogP contribution < -0.4 is 4.99 Å². The van der Waals surface area contributed by atoms with Crippen LogP contribution in [0.4, 0.5) is 0 Å². The maximum absolute atomic E-state index is 5.88. The van der Waals surface area contributed by atoms with Crippen molar-refractivity contribution in [3.63, 3.8) is 0 Å². The van der Waals surface area contributed by atoms with Crippen molar-refractivity contribution < 1.29 is 70.4 Å². The van der Waals surface area contributed by atoms with Crippen molar-refractivity contribution in [2.75, 3.05) is 6.67 Å². The van der Waals surface area contributed by atoms with Crippen molar-refractivity contribution in [1.82, 2.24) is 0 Å². The molecule has 3 nitrogen and oxygen atoms in total. The third-order valence-electron chi connectivity index (χ3n) is 0. The standard InChI is InChI=1S/C2H5N.CH4N2.CH3.2Y/c1-3-2;2-1-3;;;/h3H,1-2H2;2-3H,1H2;1H3;;/q;-2;-1;;. The Morgan fingerprint density at radius 3 is 1.33 bits per heavy atom. The zero-order valence-corrected chi connectivity index (χ0v) is 11.5. The maximum atomic E-state index is 5.88. The first kappa shape index (κ1) is 31.0. The fourth-order valence-electron chi connectivity index (χ4n) is 0. The van der Waals surface area contributed by atoms with Crippen molar-refractivity contribution in [3.05, 3.63) is 25.9 Å². The summed E-state index contributed by atoms with van der Waals surface area (Å²) in [6, 6.07) is 0. The summed E-state index contributed by atoms with van der Waals surface area (Å²) in [5, 5.41) is 0.